The number of nitrogens with two attached hydrogens (primary N) is 1. The van der Waals surface area contributed by atoms with E-state index in [0.717, 1.165) is 11.6 Å². The Balaban J connectivity index is 2.26. The lowest BCUT2D eigenvalue weighted by molar-refractivity contribution is -0.138. The van der Waals surface area contributed by atoms with E-state index in [0.29, 0.717) is 10.8 Å². The highest BCUT2D eigenvalue weighted by Crippen LogP contribution is 2.34. The number of benzene rings is 2. The molecule has 0 spiro atoms. The summed E-state index contributed by atoms with van der Waals surface area (Å²) in [4.78, 5) is 0. The van der Waals surface area contributed by atoms with Gasteiger partial charge in [-0.25, -0.2) is 0 Å². The zero-order valence-corrected chi connectivity index (χ0v) is 11.9. The van der Waals surface area contributed by atoms with E-state index in [1.807, 2.05) is 0 Å². The molecule has 2 aromatic carbocycles. The third-order valence-electron chi connectivity index (χ3n) is 2.97. The van der Waals surface area contributed by atoms with Crippen molar-refractivity contribution in [1.29, 1.82) is 0 Å². The van der Waals surface area contributed by atoms with Crippen LogP contribution < -0.4 is 10.5 Å². The topological polar surface area (TPSA) is 35.2 Å². The van der Waals surface area contributed by atoms with E-state index in [1.54, 1.807) is 25.1 Å². The molecule has 0 amide bonds. The van der Waals surface area contributed by atoms with Gasteiger partial charge in [0.25, 0.3) is 0 Å². The summed E-state index contributed by atoms with van der Waals surface area (Å²) in [6, 6.07) is 8.64. The number of hydrogen-bond acceptors (Lipinski definition) is 2. The van der Waals surface area contributed by atoms with Crippen molar-refractivity contribution < 1.29 is 17.9 Å². The maximum Gasteiger partial charge on any atom is 0.416 e. The number of nitrogen functional groups attached to an aromatic ring is 1. The van der Waals surface area contributed by atoms with Crippen molar-refractivity contribution in [2.24, 2.45) is 0 Å². The number of anilines is 1. The predicted octanol–water partition coefficient (Wildman–Crippen LogP) is 4.83. The monoisotopic (exact) mass is 315 g/mol. The van der Waals surface area contributed by atoms with Crippen molar-refractivity contribution in [3.05, 3.63) is 58.1 Å². The highest BCUT2D eigenvalue weighted by Gasteiger charge is 2.33. The van der Waals surface area contributed by atoms with E-state index < -0.39 is 11.7 Å². The molecule has 0 aliphatic heterocycles. The smallest absolute Gasteiger partial charge is 0.416 e. The first-order valence-corrected chi connectivity index (χ1v) is 6.49. The molecule has 2 rings (SSSR count). The van der Waals surface area contributed by atoms with E-state index in [9.17, 15) is 13.2 Å². The summed E-state index contributed by atoms with van der Waals surface area (Å²) in [6.45, 7) is 1.58. The third kappa shape index (κ3) is 3.82. The second kappa shape index (κ2) is 5.85. The number of hydrogen-bond donors (Lipinski definition) is 1. The predicted molar refractivity (Wildman–Crippen MR) is 76.4 cm³/mol. The maximum absolute atomic E-state index is 13.0. The van der Waals surface area contributed by atoms with Gasteiger partial charge in [0, 0.05) is 16.3 Å². The summed E-state index contributed by atoms with van der Waals surface area (Å²) in [6.07, 6.45) is -4.47. The lowest BCUT2D eigenvalue weighted by Crippen LogP contribution is -2.12. The summed E-state index contributed by atoms with van der Waals surface area (Å²) < 4.78 is 44.4. The second-order valence-corrected chi connectivity index (χ2v) is 5.05. The number of halogens is 4. The molecule has 0 bridgehead atoms. The fourth-order valence-electron chi connectivity index (χ4n) is 1.87. The molecule has 0 saturated carbocycles. The quantitative estimate of drug-likeness (QED) is 0.823. The van der Waals surface area contributed by atoms with Crippen LogP contribution in [-0.2, 0) is 12.8 Å². The fourth-order valence-corrected chi connectivity index (χ4v) is 2.03. The lowest BCUT2D eigenvalue weighted by atomic mass is 10.1. The van der Waals surface area contributed by atoms with Gasteiger partial charge in [-0.1, -0.05) is 23.7 Å². The highest BCUT2D eigenvalue weighted by atomic mass is 35.5. The third-order valence-corrected chi connectivity index (χ3v) is 3.21. The van der Waals surface area contributed by atoms with Gasteiger partial charge in [-0.05, 0) is 36.8 Å². The minimum Gasteiger partial charge on any atom is -0.489 e. The zero-order chi connectivity index (χ0) is 15.6. The Bertz CT molecular complexity index is 656. The van der Waals surface area contributed by atoms with Gasteiger partial charge in [0.15, 0.2) is 0 Å². The van der Waals surface area contributed by atoms with Crippen molar-refractivity contribution in [3.8, 4) is 5.75 Å². The number of rotatable bonds is 3. The summed E-state index contributed by atoms with van der Waals surface area (Å²) in [5, 5.41) is 0.462. The first kappa shape index (κ1) is 15.5. The fraction of sp³-hybridized carbons (Fsp3) is 0.200. The summed E-state index contributed by atoms with van der Waals surface area (Å²) in [5.41, 5.74) is 5.51. The molecule has 0 radical (unpaired) electrons. The molecule has 0 aromatic heterocycles. The van der Waals surface area contributed by atoms with Crippen molar-refractivity contribution in [3.63, 3.8) is 0 Å². The Labute approximate surface area is 125 Å². The molecule has 2 nitrogen and oxygen atoms in total. The molecule has 2 aromatic rings. The molecule has 0 atom stereocenters. The first-order chi connectivity index (χ1) is 9.77. The normalized spacial score (nSPS) is 11.5. The van der Waals surface area contributed by atoms with E-state index in [1.165, 1.54) is 12.1 Å². The standard InChI is InChI=1S/C15H13ClF3NO/c1-9-2-4-11(16)6-14(9)21-8-10-3-5-12(20)7-13(10)15(17,18)19/h2-7H,8,20H2,1H3. The van der Waals surface area contributed by atoms with Crippen LogP contribution in [0.1, 0.15) is 16.7 Å². The van der Waals surface area contributed by atoms with Gasteiger partial charge in [-0.3, -0.25) is 0 Å². The van der Waals surface area contributed by atoms with E-state index in [2.05, 4.69) is 0 Å². The molecule has 0 aliphatic rings. The first-order valence-electron chi connectivity index (χ1n) is 6.12. The summed E-state index contributed by atoms with van der Waals surface area (Å²) in [7, 11) is 0. The number of aryl methyl sites for hydroxylation is 1. The Morgan fingerprint density at radius 1 is 1.14 bits per heavy atom. The minimum atomic E-state index is -4.47. The van der Waals surface area contributed by atoms with Crippen molar-refractivity contribution in [2.45, 2.75) is 19.7 Å². The Morgan fingerprint density at radius 3 is 2.52 bits per heavy atom. The molecule has 0 fully saturated rings. The molecular formula is C15H13ClF3NO. The van der Waals surface area contributed by atoms with Gasteiger partial charge in [0.05, 0.1) is 5.56 Å². The average Bonchev–Trinajstić information content (AvgIpc) is 2.40. The highest BCUT2D eigenvalue weighted by molar-refractivity contribution is 6.30. The van der Waals surface area contributed by atoms with Crippen LogP contribution in [0.4, 0.5) is 18.9 Å². The van der Waals surface area contributed by atoms with Crippen molar-refractivity contribution in [2.75, 3.05) is 5.73 Å². The minimum absolute atomic E-state index is 0.0241. The molecule has 112 valence electrons. The Morgan fingerprint density at radius 2 is 1.86 bits per heavy atom. The van der Waals surface area contributed by atoms with Crippen molar-refractivity contribution in [1.82, 2.24) is 0 Å². The molecule has 0 heterocycles. The van der Waals surface area contributed by atoms with Crippen LogP contribution in [0.5, 0.6) is 5.75 Å². The van der Waals surface area contributed by atoms with Crippen LogP contribution >= 0.6 is 11.6 Å². The molecule has 2 N–H and O–H groups in total. The molecule has 21 heavy (non-hydrogen) atoms. The van der Waals surface area contributed by atoms with Gasteiger partial charge >= 0.3 is 6.18 Å². The SMILES string of the molecule is Cc1ccc(Cl)cc1OCc1ccc(N)cc1C(F)(F)F. The van der Waals surface area contributed by atoms with Crippen LogP contribution in [0.15, 0.2) is 36.4 Å². The molecule has 0 unspecified atom stereocenters. The zero-order valence-electron chi connectivity index (χ0n) is 11.2. The van der Waals surface area contributed by atoms with Crippen LogP contribution in [0.3, 0.4) is 0 Å². The number of ether oxygens (including phenoxy) is 1. The maximum atomic E-state index is 13.0. The number of alkyl halides is 3. The van der Waals surface area contributed by atoms with Crippen LogP contribution in [-0.4, -0.2) is 0 Å². The van der Waals surface area contributed by atoms with Gasteiger partial charge < -0.3 is 10.5 Å². The van der Waals surface area contributed by atoms with Crippen LogP contribution in [0.2, 0.25) is 5.02 Å². The molecule has 0 aliphatic carbocycles. The van der Waals surface area contributed by atoms with Gasteiger partial charge in [-0.15, -0.1) is 0 Å². The largest absolute Gasteiger partial charge is 0.489 e. The summed E-state index contributed by atoms with van der Waals surface area (Å²) >= 11 is 5.85. The Kier molecular flexibility index (Phi) is 4.32. The molecule has 0 saturated heterocycles. The van der Waals surface area contributed by atoms with Crippen LogP contribution in [0, 0.1) is 6.92 Å². The van der Waals surface area contributed by atoms with E-state index in [-0.39, 0.29) is 17.9 Å². The van der Waals surface area contributed by atoms with Gasteiger partial charge in [0.1, 0.15) is 12.4 Å². The van der Waals surface area contributed by atoms with Crippen molar-refractivity contribution >= 4 is 17.3 Å². The summed E-state index contributed by atoms with van der Waals surface area (Å²) in [5.74, 6) is 0.451. The molecular weight excluding hydrogens is 303 g/mol. The average molecular weight is 316 g/mol. The van der Waals surface area contributed by atoms with E-state index in [4.69, 9.17) is 22.1 Å². The van der Waals surface area contributed by atoms with Crippen LogP contribution in [0.25, 0.3) is 0 Å². The second-order valence-electron chi connectivity index (χ2n) is 4.61. The molecule has 6 heteroatoms. The van der Waals surface area contributed by atoms with Gasteiger partial charge in [-0.2, -0.15) is 13.2 Å². The van der Waals surface area contributed by atoms with Gasteiger partial charge in [0.2, 0.25) is 0 Å². The Hall–Kier alpha value is -1.88. The van der Waals surface area contributed by atoms with E-state index >= 15 is 0 Å². The lowest BCUT2D eigenvalue weighted by Gasteiger charge is -2.15.